The first-order valence-electron chi connectivity index (χ1n) is 5.69. The number of halogens is 2. The summed E-state index contributed by atoms with van der Waals surface area (Å²) in [5, 5.41) is 0.591. The fourth-order valence-corrected chi connectivity index (χ4v) is 2.73. The van der Waals surface area contributed by atoms with Crippen molar-refractivity contribution >= 4 is 40.1 Å². The van der Waals surface area contributed by atoms with Gasteiger partial charge in [0.05, 0.1) is 9.26 Å². The van der Waals surface area contributed by atoms with Gasteiger partial charge in [0, 0.05) is 13.1 Å². The summed E-state index contributed by atoms with van der Waals surface area (Å²) >= 11 is 8.35. The average Bonchev–Trinajstić information content (AvgIpc) is 2.33. The smallest absolute Gasteiger partial charge is 0.227 e. The molecule has 16 heavy (non-hydrogen) atoms. The summed E-state index contributed by atoms with van der Waals surface area (Å²) in [6.07, 6.45) is 4.68. The maximum absolute atomic E-state index is 6.13. The second kappa shape index (κ2) is 5.49. The lowest BCUT2D eigenvalue weighted by molar-refractivity contribution is 0.567. The normalized spacial score (nSPS) is 16.6. The molecule has 0 amide bonds. The minimum Gasteiger partial charge on any atom is -0.341 e. The van der Waals surface area contributed by atoms with Gasteiger partial charge in [0.15, 0.2) is 0 Å². The average molecular weight is 352 g/mol. The summed E-state index contributed by atoms with van der Waals surface area (Å²) in [5.74, 6) is 0.807. The van der Waals surface area contributed by atoms with Crippen LogP contribution in [0.2, 0.25) is 5.15 Å². The molecule has 1 aliphatic heterocycles. The highest BCUT2D eigenvalue weighted by atomic mass is 127. The molecule has 88 valence electrons. The molecule has 0 N–H and O–H groups in total. The number of nitrogens with zero attached hydrogens (tertiary/aromatic N) is 3. The van der Waals surface area contributed by atoms with Gasteiger partial charge in [-0.25, -0.2) is 4.98 Å². The summed E-state index contributed by atoms with van der Waals surface area (Å²) in [7, 11) is 0. The van der Waals surface area contributed by atoms with Crippen LogP contribution in [0.3, 0.4) is 0 Å². The molecule has 3 nitrogen and oxygen atoms in total. The highest BCUT2D eigenvalue weighted by Crippen LogP contribution is 2.24. The summed E-state index contributed by atoms with van der Waals surface area (Å²) in [4.78, 5) is 11.2. The Hall–Kier alpha value is -0.100. The van der Waals surface area contributed by atoms with Crippen LogP contribution < -0.4 is 4.90 Å². The van der Waals surface area contributed by atoms with Crippen molar-refractivity contribution in [3.05, 3.63) is 14.4 Å². The predicted molar refractivity (Wildman–Crippen MR) is 75.2 cm³/mol. The fourth-order valence-electron chi connectivity index (χ4n) is 1.92. The zero-order valence-electron chi connectivity index (χ0n) is 9.34. The third kappa shape index (κ3) is 2.59. The van der Waals surface area contributed by atoms with Crippen molar-refractivity contribution < 1.29 is 0 Å². The van der Waals surface area contributed by atoms with Gasteiger partial charge < -0.3 is 4.90 Å². The van der Waals surface area contributed by atoms with E-state index in [2.05, 4.69) is 44.4 Å². The molecule has 2 heterocycles. The number of hydrogen-bond donors (Lipinski definition) is 0. The van der Waals surface area contributed by atoms with Crippen LogP contribution in [0.1, 0.15) is 31.9 Å². The molecule has 1 aromatic rings. The second-order valence-corrected chi connectivity index (χ2v) is 5.41. The molecule has 1 aliphatic rings. The van der Waals surface area contributed by atoms with Gasteiger partial charge in [-0.15, -0.1) is 0 Å². The Labute approximate surface area is 115 Å². The van der Waals surface area contributed by atoms with E-state index >= 15 is 0 Å². The monoisotopic (exact) mass is 351 g/mol. The van der Waals surface area contributed by atoms with E-state index in [0.717, 1.165) is 34.7 Å². The first kappa shape index (κ1) is 12.4. The van der Waals surface area contributed by atoms with E-state index in [1.165, 1.54) is 19.3 Å². The third-order valence-corrected chi connectivity index (χ3v) is 4.57. The quantitative estimate of drug-likeness (QED) is 0.605. The van der Waals surface area contributed by atoms with Gasteiger partial charge in [0.2, 0.25) is 5.95 Å². The van der Waals surface area contributed by atoms with Crippen LogP contribution in [0.25, 0.3) is 0 Å². The molecule has 0 aromatic carbocycles. The maximum atomic E-state index is 6.13. The van der Waals surface area contributed by atoms with Crippen molar-refractivity contribution in [1.29, 1.82) is 0 Å². The van der Waals surface area contributed by atoms with Crippen LogP contribution in [-0.4, -0.2) is 23.1 Å². The van der Waals surface area contributed by atoms with E-state index in [-0.39, 0.29) is 0 Å². The lowest BCUT2D eigenvalue weighted by Crippen LogP contribution is -2.31. The molecule has 1 fully saturated rings. The van der Waals surface area contributed by atoms with Crippen LogP contribution in [0.5, 0.6) is 0 Å². The number of aromatic nitrogens is 2. The lowest BCUT2D eigenvalue weighted by atomic mass is 10.1. The Morgan fingerprint density at radius 2 is 1.94 bits per heavy atom. The molecule has 0 atom stereocenters. The molecule has 0 bridgehead atoms. The van der Waals surface area contributed by atoms with Crippen LogP contribution >= 0.6 is 34.2 Å². The lowest BCUT2D eigenvalue weighted by Gasteiger charge is -2.27. The maximum Gasteiger partial charge on any atom is 0.227 e. The summed E-state index contributed by atoms with van der Waals surface area (Å²) in [5.41, 5.74) is 1.06. The molecule has 5 heteroatoms. The van der Waals surface area contributed by atoms with Gasteiger partial charge in [0.1, 0.15) is 5.15 Å². The number of rotatable bonds is 2. The van der Waals surface area contributed by atoms with E-state index in [0.29, 0.717) is 5.15 Å². The van der Waals surface area contributed by atoms with E-state index in [1.54, 1.807) is 0 Å². The first-order chi connectivity index (χ1) is 7.72. The summed E-state index contributed by atoms with van der Waals surface area (Å²) < 4.78 is 0.988. The van der Waals surface area contributed by atoms with Crippen molar-refractivity contribution in [2.24, 2.45) is 0 Å². The summed E-state index contributed by atoms with van der Waals surface area (Å²) in [6, 6.07) is 0. The molecule has 2 rings (SSSR count). The molecule has 0 radical (unpaired) electrons. The van der Waals surface area contributed by atoms with Gasteiger partial charge in [-0.3, -0.25) is 0 Å². The van der Waals surface area contributed by atoms with Crippen molar-refractivity contribution in [3.63, 3.8) is 0 Å². The molecular weight excluding hydrogens is 336 g/mol. The molecule has 1 saturated heterocycles. The molecule has 1 aromatic heterocycles. The fraction of sp³-hybridized carbons (Fsp3) is 0.636. The van der Waals surface area contributed by atoms with Crippen molar-refractivity contribution in [2.75, 3.05) is 18.0 Å². The molecule has 0 unspecified atom stereocenters. The van der Waals surface area contributed by atoms with E-state index < -0.39 is 0 Å². The van der Waals surface area contributed by atoms with Gasteiger partial charge >= 0.3 is 0 Å². The second-order valence-electron chi connectivity index (χ2n) is 3.98. The Bertz CT molecular complexity index is 378. The van der Waals surface area contributed by atoms with Crippen LogP contribution in [0.15, 0.2) is 0 Å². The Balaban J connectivity index is 2.29. The Morgan fingerprint density at radius 1 is 1.25 bits per heavy atom. The number of anilines is 1. The van der Waals surface area contributed by atoms with E-state index in [1.807, 2.05) is 0 Å². The number of piperidine rings is 1. The molecule has 0 aliphatic carbocycles. The Kier molecular flexibility index (Phi) is 4.24. The number of hydrogen-bond acceptors (Lipinski definition) is 3. The zero-order valence-corrected chi connectivity index (χ0v) is 12.3. The van der Waals surface area contributed by atoms with E-state index in [4.69, 9.17) is 11.6 Å². The first-order valence-corrected chi connectivity index (χ1v) is 7.15. The zero-order chi connectivity index (χ0) is 11.5. The highest BCUT2D eigenvalue weighted by Gasteiger charge is 2.16. The van der Waals surface area contributed by atoms with E-state index in [9.17, 15) is 0 Å². The molecule has 0 saturated carbocycles. The van der Waals surface area contributed by atoms with Crippen molar-refractivity contribution in [2.45, 2.75) is 32.6 Å². The van der Waals surface area contributed by atoms with Crippen molar-refractivity contribution in [1.82, 2.24) is 9.97 Å². The standard InChI is InChI=1S/C11H15ClIN3/c1-2-8-9(13)10(12)15-11(14-8)16-6-4-3-5-7-16/h2-7H2,1H3. The van der Waals surface area contributed by atoms with Crippen LogP contribution in [0.4, 0.5) is 5.95 Å². The Morgan fingerprint density at radius 3 is 2.56 bits per heavy atom. The van der Waals surface area contributed by atoms with Gasteiger partial charge in [0.25, 0.3) is 0 Å². The van der Waals surface area contributed by atoms with Gasteiger partial charge in [-0.05, 0) is 48.3 Å². The SMILES string of the molecule is CCc1nc(N2CCCCC2)nc(Cl)c1I. The topological polar surface area (TPSA) is 29.0 Å². The summed E-state index contributed by atoms with van der Waals surface area (Å²) in [6.45, 7) is 4.21. The van der Waals surface area contributed by atoms with Crippen LogP contribution in [0, 0.1) is 3.57 Å². The largest absolute Gasteiger partial charge is 0.341 e. The van der Waals surface area contributed by atoms with Gasteiger partial charge in [-0.2, -0.15) is 4.98 Å². The predicted octanol–water partition coefficient (Wildman–Crippen LogP) is 3.29. The molecular formula is C11H15ClIN3. The van der Waals surface area contributed by atoms with Crippen LogP contribution in [-0.2, 0) is 6.42 Å². The number of aryl methyl sites for hydroxylation is 1. The molecule has 0 spiro atoms. The third-order valence-electron chi connectivity index (χ3n) is 2.84. The highest BCUT2D eigenvalue weighted by molar-refractivity contribution is 14.1. The van der Waals surface area contributed by atoms with Gasteiger partial charge in [-0.1, -0.05) is 18.5 Å². The van der Waals surface area contributed by atoms with Crippen molar-refractivity contribution in [3.8, 4) is 0 Å². The minimum absolute atomic E-state index is 0.591. The minimum atomic E-state index is 0.591.